The van der Waals surface area contributed by atoms with Gasteiger partial charge in [-0.15, -0.1) is 5.10 Å². The van der Waals surface area contributed by atoms with E-state index >= 15 is 0 Å². The molecule has 3 aromatic rings. The first-order chi connectivity index (χ1) is 16.6. The number of carbonyl (C=O) groups excluding carboxylic acids is 1. The Labute approximate surface area is 196 Å². The van der Waals surface area contributed by atoms with Crippen LogP contribution in [0.25, 0.3) is 5.65 Å². The van der Waals surface area contributed by atoms with Crippen molar-refractivity contribution in [1.29, 1.82) is 0 Å². The molecule has 1 aromatic carbocycles. The molecule has 3 heterocycles. The summed E-state index contributed by atoms with van der Waals surface area (Å²) in [5, 5.41) is 4.55. The highest BCUT2D eigenvalue weighted by atomic mass is 19.1. The summed E-state index contributed by atoms with van der Waals surface area (Å²) in [5.74, 6) is 0.600. The molecule has 6 rings (SSSR count). The number of hydrogen-bond acceptors (Lipinski definition) is 6. The third kappa shape index (κ3) is 4.23. The number of nitrogens with zero attached hydrogens (tertiary/aromatic N) is 5. The summed E-state index contributed by atoms with van der Waals surface area (Å²) in [6.07, 6.45) is 10.9. The van der Waals surface area contributed by atoms with Crippen molar-refractivity contribution < 1.29 is 18.3 Å². The van der Waals surface area contributed by atoms with Gasteiger partial charge in [0.05, 0.1) is 18.4 Å². The Morgan fingerprint density at radius 3 is 2.59 bits per heavy atom. The minimum absolute atomic E-state index is 0.156. The fourth-order valence-electron chi connectivity index (χ4n) is 5.32. The van der Waals surface area contributed by atoms with Crippen LogP contribution in [0.5, 0.6) is 5.75 Å². The highest BCUT2D eigenvalue weighted by Crippen LogP contribution is 2.50. The zero-order chi connectivity index (χ0) is 23.2. The number of benzene rings is 1. The van der Waals surface area contributed by atoms with Gasteiger partial charge in [-0.25, -0.2) is 13.3 Å². The first-order valence-electron chi connectivity index (χ1n) is 12.1. The molecule has 1 saturated heterocycles. The molecule has 34 heavy (non-hydrogen) atoms. The number of carbonyl (C=O) groups is 1. The van der Waals surface area contributed by atoms with Gasteiger partial charge in [0.2, 0.25) is 5.95 Å². The van der Waals surface area contributed by atoms with E-state index in [1.807, 2.05) is 0 Å². The quantitative estimate of drug-likeness (QED) is 0.460. The number of piperidine rings is 1. The van der Waals surface area contributed by atoms with Crippen LogP contribution in [0, 0.1) is 35.3 Å². The van der Waals surface area contributed by atoms with Crippen LogP contribution in [0.4, 0.5) is 14.7 Å². The molecule has 1 aliphatic heterocycles. The SMILES string of the molecule is O=C(c1c(F)cc(OCC[C@@H]2C[C@@H]2C2CCN(c3nc4cnccn4n3)CC2)cc1F)C1CC1. The predicted molar refractivity (Wildman–Crippen MR) is 121 cm³/mol. The second-order valence-electron chi connectivity index (χ2n) is 9.81. The number of Topliss-reactive ketones (excluding diaryl/α,β-unsaturated/α-hetero) is 1. The molecule has 3 fully saturated rings. The van der Waals surface area contributed by atoms with E-state index in [0.717, 1.165) is 56.1 Å². The monoisotopic (exact) mass is 467 g/mol. The lowest BCUT2D eigenvalue weighted by Crippen LogP contribution is -2.35. The minimum atomic E-state index is -0.820. The van der Waals surface area contributed by atoms with Crippen LogP contribution in [-0.2, 0) is 0 Å². The minimum Gasteiger partial charge on any atom is -0.493 e. The molecule has 2 aliphatic carbocycles. The molecule has 178 valence electrons. The molecular weight excluding hydrogens is 440 g/mol. The largest absolute Gasteiger partial charge is 0.493 e. The molecule has 2 atom stereocenters. The van der Waals surface area contributed by atoms with E-state index in [-0.39, 0.29) is 11.7 Å². The van der Waals surface area contributed by atoms with E-state index in [1.54, 1.807) is 23.1 Å². The first kappa shape index (κ1) is 21.4. The molecule has 0 amide bonds. The Morgan fingerprint density at radius 1 is 1.12 bits per heavy atom. The Kier molecular flexibility index (Phi) is 5.42. The van der Waals surface area contributed by atoms with Crippen molar-refractivity contribution in [2.45, 2.75) is 38.5 Å². The summed E-state index contributed by atoms with van der Waals surface area (Å²) in [6.45, 7) is 2.31. The van der Waals surface area contributed by atoms with Gasteiger partial charge in [0.15, 0.2) is 11.4 Å². The predicted octanol–water partition coefficient (Wildman–Crippen LogP) is 4.32. The molecule has 0 spiro atoms. The van der Waals surface area contributed by atoms with Crippen molar-refractivity contribution in [3.63, 3.8) is 0 Å². The highest BCUT2D eigenvalue weighted by molar-refractivity contribution is 5.99. The van der Waals surface area contributed by atoms with Crippen LogP contribution < -0.4 is 9.64 Å². The average molecular weight is 468 g/mol. The number of ketones is 1. The van der Waals surface area contributed by atoms with Crippen LogP contribution in [0.3, 0.4) is 0 Å². The van der Waals surface area contributed by atoms with E-state index < -0.39 is 23.0 Å². The van der Waals surface area contributed by atoms with Crippen LogP contribution in [-0.4, -0.2) is 45.1 Å². The Bertz CT molecular complexity index is 1160. The van der Waals surface area contributed by atoms with Gasteiger partial charge in [-0.3, -0.25) is 9.78 Å². The van der Waals surface area contributed by atoms with E-state index in [4.69, 9.17) is 4.74 Å². The van der Waals surface area contributed by atoms with Crippen molar-refractivity contribution in [3.05, 3.63) is 47.9 Å². The Hall–Kier alpha value is -3.10. The van der Waals surface area contributed by atoms with E-state index in [1.165, 1.54) is 6.42 Å². The molecule has 3 aliphatic rings. The summed E-state index contributed by atoms with van der Waals surface area (Å²) >= 11 is 0. The molecule has 0 unspecified atom stereocenters. The molecule has 7 nitrogen and oxygen atoms in total. The van der Waals surface area contributed by atoms with Gasteiger partial charge in [-0.1, -0.05) is 0 Å². The lowest BCUT2D eigenvalue weighted by atomic mass is 9.90. The summed E-state index contributed by atoms with van der Waals surface area (Å²) in [7, 11) is 0. The average Bonchev–Trinajstić information content (AvgIpc) is 3.76. The third-order valence-electron chi connectivity index (χ3n) is 7.50. The maximum absolute atomic E-state index is 14.3. The van der Waals surface area contributed by atoms with Gasteiger partial charge in [0, 0.05) is 43.5 Å². The van der Waals surface area contributed by atoms with Crippen molar-refractivity contribution in [2.75, 3.05) is 24.6 Å². The third-order valence-corrected chi connectivity index (χ3v) is 7.50. The molecule has 0 radical (unpaired) electrons. The van der Waals surface area contributed by atoms with Crippen molar-refractivity contribution in [2.24, 2.45) is 23.7 Å². The van der Waals surface area contributed by atoms with E-state index in [0.29, 0.717) is 37.2 Å². The topological polar surface area (TPSA) is 72.6 Å². The fraction of sp³-hybridized carbons (Fsp3) is 0.520. The zero-order valence-electron chi connectivity index (χ0n) is 18.9. The Morgan fingerprint density at radius 2 is 1.88 bits per heavy atom. The van der Waals surface area contributed by atoms with Crippen molar-refractivity contribution in [1.82, 2.24) is 19.6 Å². The van der Waals surface area contributed by atoms with Gasteiger partial charge < -0.3 is 9.64 Å². The van der Waals surface area contributed by atoms with E-state index in [9.17, 15) is 13.6 Å². The number of hydrogen-bond donors (Lipinski definition) is 0. The molecule has 2 aromatic heterocycles. The van der Waals surface area contributed by atoms with Gasteiger partial charge in [0.1, 0.15) is 17.4 Å². The van der Waals surface area contributed by atoms with Crippen LogP contribution in [0.2, 0.25) is 0 Å². The second-order valence-corrected chi connectivity index (χ2v) is 9.81. The molecule has 0 N–H and O–H groups in total. The maximum Gasteiger partial charge on any atom is 0.245 e. The standard InChI is InChI=1S/C25H27F2N5O2/c26-20-12-18(13-21(27)23(20)24(33)16-1-2-16)34-10-5-17-11-19(17)15-3-7-31(8-4-15)25-29-22-14-28-6-9-32(22)30-25/h6,9,12-17,19H,1-5,7-8,10-11H2/t17-,19-/m1/s1. The normalized spacial score (nSPS) is 22.8. The van der Waals surface area contributed by atoms with Gasteiger partial charge in [0.25, 0.3) is 0 Å². The Balaban J connectivity index is 0.968. The van der Waals surface area contributed by atoms with Crippen molar-refractivity contribution in [3.8, 4) is 5.75 Å². The molecule has 2 saturated carbocycles. The smallest absolute Gasteiger partial charge is 0.245 e. The van der Waals surface area contributed by atoms with Crippen LogP contribution >= 0.6 is 0 Å². The second kappa shape index (κ2) is 8.60. The fourth-order valence-corrected chi connectivity index (χ4v) is 5.32. The lowest BCUT2D eigenvalue weighted by Gasteiger charge is -2.31. The number of fused-ring (bicyclic) bond motifs is 1. The first-order valence-corrected chi connectivity index (χ1v) is 12.1. The number of aromatic nitrogens is 4. The van der Waals surface area contributed by atoms with Gasteiger partial charge in [-0.05, 0) is 56.3 Å². The van der Waals surface area contributed by atoms with Crippen LogP contribution in [0.15, 0.2) is 30.7 Å². The zero-order valence-corrected chi connectivity index (χ0v) is 18.9. The molecular formula is C25H27F2N5O2. The number of rotatable bonds is 8. The summed E-state index contributed by atoms with van der Waals surface area (Å²) in [6, 6.07) is 2.28. The highest BCUT2D eigenvalue weighted by Gasteiger charge is 2.43. The number of ether oxygens (including phenoxy) is 1. The number of halogens is 2. The lowest BCUT2D eigenvalue weighted by molar-refractivity contribution is 0.0959. The van der Waals surface area contributed by atoms with Gasteiger partial charge in [-0.2, -0.15) is 4.98 Å². The summed E-state index contributed by atoms with van der Waals surface area (Å²) in [5.41, 5.74) is 0.338. The summed E-state index contributed by atoms with van der Waals surface area (Å²) < 4.78 is 36.0. The van der Waals surface area contributed by atoms with Gasteiger partial charge >= 0.3 is 0 Å². The molecule has 9 heteroatoms. The molecule has 0 bridgehead atoms. The van der Waals surface area contributed by atoms with Crippen LogP contribution in [0.1, 0.15) is 48.9 Å². The van der Waals surface area contributed by atoms with E-state index in [2.05, 4.69) is 20.0 Å². The summed E-state index contributed by atoms with van der Waals surface area (Å²) in [4.78, 5) is 23.0. The number of anilines is 1. The maximum atomic E-state index is 14.3. The van der Waals surface area contributed by atoms with Crippen molar-refractivity contribution >= 4 is 17.4 Å².